The number of halogens is 3. The van der Waals surface area contributed by atoms with E-state index in [0.717, 1.165) is 37.8 Å². The molecular formula is C25H31F3N2O4. The molecule has 1 aliphatic carbocycles. The summed E-state index contributed by atoms with van der Waals surface area (Å²) in [7, 11) is 6.97. The predicted molar refractivity (Wildman–Crippen MR) is 123 cm³/mol. The number of methoxy groups -OCH3 is 2. The quantitative estimate of drug-likeness (QED) is 0.553. The lowest BCUT2D eigenvalue weighted by Gasteiger charge is -2.36. The van der Waals surface area contributed by atoms with Crippen LogP contribution in [-0.4, -0.2) is 51.2 Å². The van der Waals surface area contributed by atoms with E-state index in [-0.39, 0.29) is 29.4 Å². The number of benzene rings is 2. The molecule has 1 N–H and O–H groups in total. The first kappa shape index (κ1) is 25.7. The molecule has 0 atom stereocenters. The fourth-order valence-corrected chi connectivity index (χ4v) is 4.26. The number of hydrogen-bond acceptors (Lipinski definition) is 5. The van der Waals surface area contributed by atoms with E-state index in [2.05, 4.69) is 10.2 Å². The summed E-state index contributed by atoms with van der Waals surface area (Å²) in [6, 6.07) is 7.85. The minimum atomic E-state index is -4.41. The average Bonchev–Trinajstić information content (AvgIpc) is 3.31. The maximum absolute atomic E-state index is 13.2. The third kappa shape index (κ3) is 5.75. The molecule has 1 amide bonds. The Kier molecular flexibility index (Phi) is 7.97. The molecular weight excluding hydrogens is 449 g/mol. The van der Waals surface area contributed by atoms with Gasteiger partial charge in [0.15, 0.2) is 11.5 Å². The summed E-state index contributed by atoms with van der Waals surface area (Å²) in [4.78, 5) is 15.4. The van der Waals surface area contributed by atoms with Crippen molar-refractivity contribution >= 4 is 5.91 Å². The number of carbonyl (C=O) groups excluding carboxylic acids is 1. The van der Waals surface area contributed by atoms with Gasteiger partial charge < -0.3 is 24.4 Å². The average molecular weight is 481 g/mol. The fourth-order valence-electron chi connectivity index (χ4n) is 4.26. The number of alkyl halides is 3. The maximum atomic E-state index is 13.2. The molecule has 3 rings (SSSR count). The van der Waals surface area contributed by atoms with Crippen LogP contribution >= 0.6 is 0 Å². The van der Waals surface area contributed by atoms with Crippen LogP contribution in [-0.2, 0) is 12.8 Å². The zero-order valence-electron chi connectivity index (χ0n) is 19.9. The molecule has 0 heterocycles. The Balaban J connectivity index is 1.83. The maximum Gasteiger partial charge on any atom is 0.416 e. The van der Waals surface area contributed by atoms with E-state index >= 15 is 0 Å². The van der Waals surface area contributed by atoms with Crippen molar-refractivity contribution in [2.24, 2.45) is 0 Å². The van der Waals surface area contributed by atoms with Gasteiger partial charge in [0, 0.05) is 18.2 Å². The highest BCUT2D eigenvalue weighted by molar-refractivity contribution is 5.98. The summed E-state index contributed by atoms with van der Waals surface area (Å²) >= 11 is 0. The molecule has 0 bridgehead atoms. The monoisotopic (exact) mass is 480 g/mol. The topological polar surface area (TPSA) is 60.0 Å². The standard InChI is InChI=1S/C25H31F3N2O4/c1-30(2)24(11-5-6-12-24)16-29-23(31)20-13-19(32-3)14-21(33-4)22(20)34-15-17-7-9-18(10-8-17)25(26,27)28/h7-10,13-14H,5-6,11-12,15-16H2,1-4H3,(H,29,31). The van der Waals surface area contributed by atoms with Gasteiger partial charge >= 0.3 is 6.18 Å². The summed E-state index contributed by atoms with van der Waals surface area (Å²) < 4.78 is 55.2. The molecule has 2 aromatic carbocycles. The Morgan fingerprint density at radius 1 is 1.06 bits per heavy atom. The Labute approximate surface area is 198 Å². The van der Waals surface area contributed by atoms with Crippen LogP contribution in [0, 0.1) is 0 Å². The van der Waals surface area contributed by atoms with Crippen LogP contribution in [0.15, 0.2) is 36.4 Å². The van der Waals surface area contributed by atoms with Crippen LogP contribution in [0.1, 0.15) is 47.2 Å². The van der Waals surface area contributed by atoms with E-state index in [0.29, 0.717) is 23.6 Å². The van der Waals surface area contributed by atoms with Gasteiger partial charge in [0.25, 0.3) is 5.91 Å². The van der Waals surface area contributed by atoms with Crippen LogP contribution in [0.25, 0.3) is 0 Å². The number of rotatable bonds is 9. The molecule has 186 valence electrons. The van der Waals surface area contributed by atoms with Gasteiger partial charge in [-0.3, -0.25) is 4.79 Å². The zero-order chi connectivity index (χ0) is 24.9. The van der Waals surface area contributed by atoms with E-state index in [1.807, 2.05) is 14.1 Å². The number of amides is 1. The number of carbonyl (C=O) groups is 1. The number of nitrogens with zero attached hydrogens (tertiary/aromatic N) is 1. The van der Waals surface area contributed by atoms with Crippen molar-refractivity contribution in [2.45, 2.75) is 44.0 Å². The lowest BCUT2D eigenvalue weighted by Crippen LogP contribution is -2.50. The second-order valence-corrected chi connectivity index (χ2v) is 8.70. The SMILES string of the molecule is COc1cc(OC)c(OCc2ccc(C(F)(F)F)cc2)c(C(=O)NCC2(N(C)C)CCCC2)c1. The second-order valence-electron chi connectivity index (χ2n) is 8.70. The molecule has 1 aliphatic rings. The summed E-state index contributed by atoms with van der Waals surface area (Å²) in [5, 5.41) is 3.03. The summed E-state index contributed by atoms with van der Waals surface area (Å²) in [5.41, 5.74) is -0.0790. The number of likely N-dealkylation sites (N-methyl/N-ethyl adjacent to an activating group) is 1. The molecule has 0 radical (unpaired) electrons. The summed E-state index contributed by atoms with van der Waals surface area (Å²) in [6.07, 6.45) is -0.184. The highest BCUT2D eigenvalue weighted by Gasteiger charge is 2.36. The highest BCUT2D eigenvalue weighted by atomic mass is 19.4. The highest BCUT2D eigenvalue weighted by Crippen LogP contribution is 2.37. The Hall–Kier alpha value is -2.94. The van der Waals surface area contributed by atoms with Crippen molar-refractivity contribution in [2.75, 3.05) is 34.9 Å². The summed E-state index contributed by atoms with van der Waals surface area (Å²) in [5.74, 6) is 0.574. The molecule has 2 aromatic rings. The minimum absolute atomic E-state index is 0.0389. The van der Waals surface area contributed by atoms with Crippen molar-refractivity contribution in [1.29, 1.82) is 0 Å². The van der Waals surface area contributed by atoms with Gasteiger partial charge in [0.1, 0.15) is 12.4 Å². The number of ether oxygens (including phenoxy) is 3. The van der Waals surface area contributed by atoms with Gasteiger partial charge in [-0.15, -0.1) is 0 Å². The predicted octanol–water partition coefficient (Wildman–Crippen LogP) is 4.91. The fraction of sp³-hybridized carbons (Fsp3) is 0.480. The van der Waals surface area contributed by atoms with Gasteiger partial charge in [-0.1, -0.05) is 25.0 Å². The van der Waals surface area contributed by atoms with Crippen LogP contribution < -0.4 is 19.5 Å². The van der Waals surface area contributed by atoms with E-state index in [1.165, 1.54) is 26.4 Å². The molecule has 0 aromatic heterocycles. The Morgan fingerprint density at radius 2 is 1.71 bits per heavy atom. The Morgan fingerprint density at radius 3 is 2.24 bits per heavy atom. The number of hydrogen-bond donors (Lipinski definition) is 1. The second kappa shape index (κ2) is 10.5. The van der Waals surface area contributed by atoms with Gasteiger partial charge in [-0.2, -0.15) is 13.2 Å². The van der Waals surface area contributed by atoms with E-state index in [9.17, 15) is 18.0 Å². The molecule has 0 unspecified atom stereocenters. The zero-order valence-corrected chi connectivity index (χ0v) is 19.9. The largest absolute Gasteiger partial charge is 0.497 e. The molecule has 6 nitrogen and oxygen atoms in total. The van der Waals surface area contributed by atoms with Crippen LogP contribution in [0.2, 0.25) is 0 Å². The first-order valence-electron chi connectivity index (χ1n) is 11.1. The summed E-state index contributed by atoms with van der Waals surface area (Å²) in [6.45, 7) is 0.444. The molecule has 34 heavy (non-hydrogen) atoms. The van der Waals surface area contributed by atoms with E-state index in [4.69, 9.17) is 14.2 Å². The third-order valence-corrected chi connectivity index (χ3v) is 6.45. The third-order valence-electron chi connectivity index (χ3n) is 6.45. The first-order chi connectivity index (χ1) is 16.1. The van der Waals surface area contributed by atoms with Crippen LogP contribution in [0.4, 0.5) is 13.2 Å². The normalized spacial score (nSPS) is 15.3. The van der Waals surface area contributed by atoms with E-state index in [1.54, 1.807) is 12.1 Å². The lowest BCUT2D eigenvalue weighted by molar-refractivity contribution is -0.137. The van der Waals surface area contributed by atoms with Crippen molar-refractivity contribution in [3.63, 3.8) is 0 Å². The van der Waals surface area contributed by atoms with E-state index < -0.39 is 11.7 Å². The molecule has 1 saturated carbocycles. The smallest absolute Gasteiger partial charge is 0.416 e. The number of nitrogens with one attached hydrogen (secondary N) is 1. The minimum Gasteiger partial charge on any atom is -0.497 e. The molecule has 0 saturated heterocycles. The lowest BCUT2D eigenvalue weighted by atomic mass is 9.96. The van der Waals surface area contributed by atoms with Gasteiger partial charge in [0.05, 0.1) is 25.3 Å². The van der Waals surface area contributed by atoms with Gasteiger partial charge in [-0.05, 0) is 50.7 Å². The van der Waals surface area contributed by atoms with Crippen LogP contribution in [0.3, 0.4) is 0 Å². The Bertz CT molecular complexity index is 985. The van der Waals surface area contributed by atoms with Crippen LogP contribution in [0.5, 0.6) is 17.2 Å². The van der Waals surface area contributed by atoms with Crippen molar-refractivity contribution in [3.8, 4) is 17.2 Å². The molecule has 0 spiro atoms. The van der Waals surface area contributed by atoms with Crippen molar-refractivity contribution in [1.82, 2.24) is 10.2 Å². The molecule has 9 heteroatoms. The molecule has 1 fully saturated rings. The van der Waals surface area contributed by atoms with Crippen molar-refractivity contribution < 1.29 is 32.2 Å². The first-order valence-corrected chi connectivity index (χ1v) is 11.1. The van der Waals surface area contributed by atoms with Gasteiger partial charge in [0.2, 0.25) is 0 Å². The molecule has 0 aliphatic heterocycles. The van der Waals surface area contributed by atoms with Gasteiger partial charge in [-0.25, -0.2) is 0 Å². The van der Waals surface area contributed by atoms with Crippen molar-refractivity contribution in [3.05, 3.63) is 53.1 Å².